The molecule has 2 aromatic carbocycles. The molecule has 0 aliphatic heterocycles. The quantitative estimate of drug-likeness (QED) is 0.786. The lowest BCUT2D eigenvalue weighted by molar-refractivity contribution is -0.274. The van der Waals surface area contributed by atoms with E-state index in [2.05, 4.69) is 4.74 Å². The smallest absolute Gasteiger partial charge is 0.496 e. The van der Waals surface area contributed by atoms with Crippen LogP contribution < -0.4 is 9.47 Å². The standard InChI is InChI=1S/C17H17F3O2/c1-11-10-13(22-17(18,19)20)8-9-14(11)12(2)15-6-4-5-7-16(15)21-3/h4-10,12H,1-3H3/t12-/m1/s1. The predicted octanol–water partition coefficient (Wildman–Crippen LogP) is 5.05. The van der Waals surface area contributed by atoms with Crippen LogP contribution in [0.25, 0.3) is 0 Å². The van der Waals surface area contributed by atoms with Gasteiger partial charge >= 0.3 is 6.36 Å². The zero-order valence-corrected chi connectivity index (χ0v) is 12.6. The average molecular weight is 310 g/mol. The van der Waals surface area contributed by atoms with Gasteiger partial charge < -0.3 is 9.47 Å². The van der Waals surface area contributed by atoms with Gasteiger partial charge in [0.1, 0.15) is 11.5 Å². The van der Waals surface area contributed by atoms with Crippen molar-refractivity contribution in [3.05, 3.63) is 59.2 Å². The minimum absolute atomic E-state index is 0.00362. The molecule has 2 nitrogen and oxygen atoms in total. The van der Waals surface area contributed by atoms with Crippen LogP contribution in [0.15, 0.2) is 42.5 Å². The molecule has 2 rings (SSSR count). The van der Waals surface area contributed by atoms with Gasteiger partial charge in [0.25, 0.3) is 0 Å². The van der Waals surface area contributed by atoms with Crippen molar-refractivity contribution in [2.75, 3.05) is 7.11 Å². The molecule has 1 atom stereocenters. The summed E-state index contributed by atoms with van der Waals surface area (Å²) in [4.78, 5) is 0. The maximum absolute atomic E-state index is 12.3. The topological polar surface area (TPSA) is 18.5 Å². The van der Waals surface area contributed by atoms with Crippen LogP contribution in [0.3, 0.4) is 0 Å². The fraction of sp³-hybridized carbons (Fsp3) is 0.294. The number of para-hydroxylation sites is 1. The number of benzene rings is 2. The Kier molecular flexibility index (Phi) is 4.64. The Hall–Kier alpha value is -2.17. The zero-order valence-electron chi connectivity index (χ0n) is 12.6. The molecular formula is C17H17F3O2. The van der Waals surface area contributed by atoms with Gasteiger partial charge in [-0.05, 0) is 36.2 Å². The third-order valence-corrected chi connectivity index (χ3v) is 3.55. The molecule has 0 heterocycles. The van der Waals surface area contributed by atoms with Gasteiger partial charge in [0, 0.05) is 11.5 Å². The average Bonchev–Trinajstić information content (AvgIpc) is 2.45. The van der Waals surface area contributed by atoms with Crippen LogP contribution in [0, 0.1) is 6.92 Å². The van der Waals surface area contributed by atoms with E-state index in [-0.39, 0.29) is 11.7 Å². The number of methoxy groups -OCH3 is 1. The Balaban J connectivity index is 2.33. The lowest BCUT2D eigenvalue weighted by Crippen LogP contribution is -2.17. The van der Waals surface area contributed by atoms with E-state index in [1.54, 1.807) is 20.1 Å². The van der Waals surface area contributed by atoms with Gasteiger partial charge in [-0.3, -0.25) is 0 Å². The fourth-order valence-electron chi connectivity index (χ4n) is 2.52. The molecule has 0 spiro atoms. The Labute approximate surface area is 127 Å². The van der Waals surface area contributed by atoms with Crippen molar-refractivity contribution in [1.82, 2.24) is 0 Å². The van der Waals surface area contributed by atoms with E-state index < -0.39 is 6.36 Å². The molecule has 0 bridgehead atoms. The van der Waals surface area contributed by atoms with Crippen LogP contribution in [0.4, 0.5) is 13.2 Å². The molecule has 0 aromatic heterocycles. The summed E-state index contributed by atoms with van der Waals surface area (Å²) in [6.07, 6.45) is -4.68. The highest BCUT2D eigenvalue weighted by Crippen LogP contribution is 2.34. The first-order valence-corrected chi connectivity index (χ1v) is 6.81. The number of alkyl halides is 3. The first kappa shape index (κ1) is 16.2. The summed E-state index contributed by atoms with van der Waals surface area (Å²) in [5.74, 6) is 0.544. The van der Waals surface area contributed by atoms with Gasteiger partial charge in [-0.25, -0.2) is 0 Å². The van der Waals surface area contributed by atoms with Crippen LogP contribution >= 0.6 is 0 Å². The molecule has 22 heavy (non-hydrogen) atoms. The number of hydrogen-bond acceptors (Lipinski definition) is 2. The van der Waals surface area contributed by atoms with Crippen LogP contribution in [0.1, 0.15) is 29.5 Å². The molecule has 0 radical (unpaired) electrons. The van der Waals surface area contributed by atoms with E-state index in [4.69, 9.17) is 4.74 Å². The lowest BCUT2D eigenvalue weighted by Gasteiger charge is -2.19. The number of halogens is 3. The third-order valence-electron chi connectivity index (χ3n) is 3.55. The highest BCUT2D eigenvalue weighted by Gasteiger charge is 2.31. The van der Waals surface area contributed by atoms with Crippen molar-refractivity contribution in [3.8, 4) is 11.5 Å². The van der Waals surface area contributed by atoms with E-state index in [0.717, 1.165) is 22.4 Å². The molecule has 0 saturated heterocycles. The van der Waals surface area contributed by atoms with Crippen molar-refractivity contribution < 1.29 is 22.6 Å². The van der Waals surface area contributed by atoms with Crippen molar-refractivity contribution in [1.29, 1.82) is 0 Å². The molecule has 0 aliphatic carbocycles. The number of aryl methyl sites for hydroxylation is 1. The molecule has 0 N–H and O–H groups in total. The summed E-state index contributed by atoms with van der Waals surface area (Å²) in [6.45, 7) is 3.76. The Bertz CT molecular complexity index is 651. The van der Waals surface area contributed by atoms with Gasteiger partial charge in [-0.2, -0.15) is 0 Å². The molecule has 5 heteroatoms. The van der Waals surface area contributed by atoms with E-state index in [1.165, 1.54) is 12.1 Å². The maximum Gasteiger partial charge on any atom is 0.573 e. The highest BCUT2D eigenvalue weighted by molar-refractivity contribution is 5.45. The van der Waals surface area contributed by atoms with E-state index in [1.807, 2.05) is 31.2 Å². The SMILES string of the molecule is COc1ccccc1[C@H](C)c1ccc(OC(F)(F)F)cc1C. The molecule has 0 unspecified atom stereocenters. The van der Waals surface area contributed by atoms with Gasteiger partial charge in [-0.15, -0.1) is 13.2 Å². The molecule has 2 aromatic rings. The molecule has 0 aliphatic rings. The summed E-state index contributed by atoms with van der Waals surface area (Å²) in [5.41, 5.74) is 2.65. The van der Waals surface area contributed by atoms with Crippen molar-refractivity contribution in [2.24, 2.45) is 0 Å². The summed E-state index contributed by atoms with van der Waals surface area (Å²) < 4.78 is 46.1. The second-order valence-corrected chi connectivity index (χ2v) is 5.03. The van der Waals surface area contributed by atoms with Gasteiger partial charge in [-0.1, -0.05) is 31.2 Å². The second-order valence-electron chi connectivity index (χ2n) is 5.03. The normalized spacial score (nSPS) is 12.8. The molecule has 0 saturated carbocycles. The summed E-state index contributed by atoms with van der Waals surface area (Å²) in [5, 5.41) is 0. The highest BCUT2D eigenvalue weighted by atomic mass is 19.4. The van der Waals surface area contributed by atoms with E-state index >= 15 is 0 Å². The Morgan fingerprint density at radius 2 is 1.68 bits per heavy atom. The van der Waals surface area contributed by atoms with E-state index in [0.29, 0.717) is 0 Å². The molecule has 0 amide bonds. The van der Waals surface area contributed by atoms with Crippen LogP contribution in [-0.2, 0) is 0 Å². The first-order valence-electron chi connectivity index (χ1n) is 6.81. The molecular weight excluding hydrogens is 293 g/mol. The largest absolute Gasteiger partial charge is 0.573 e. The molecule has 0 fully saturated rings. The zero-order chi connectivity index (χ0) is 16.3. The van der Waals surface area contributed by atoms with Gasteiger partial charge in [0.05, 0.1) is 7.11 Å². The number of ether oxygens (including phenoxy) is 2. The van der Waals surface area contributed by atoms with Gasteiger partial charge in [0.2, 0.25) is 0 Å². The number of rotatable bonds is 4. The third kappa shape index (κ3) is 3.72. The number of hydrogen-bond donors (Lipinski definition) is 0. The second kappa shape index (κ2) is 6.30. The van der Waals surface area contributed by atoms with Gasteiger partial charge in [0.15, 0.2) is 0 Å². The maximum atomic E-state index is 12.3. The van der Waals surface area contributed by atoms with Crippen LogP contribution in [0.2, 0.25) is 0 Å². The van der Waals surface area contributed by atoms with Crippen molar-refractivity contribution in [3.63, 3.8) is 0 Å². The van der Waals surface area contributed by atoms with Crippen LogP contribution in [0.5, 0.6) is 11.5 Å². The lowest BCUT2D eigenvalue weighted by atomic mass is 9.89. The minimum Gasteiger partial charge on any atom is -0.496 e. The van der Waals surface area contributed by atoms with Crippen LogP contribution in [-0.4, -0.2) is 13.5 Å². The predicted molar refractivity (Wildman–Crippen MR) is 78.4 cm³/mol. The Morgan fingerprint density at radius 1 is 1.00 bits per heavy atom. The summed E-state index contributed by atoms with van der Waals surface area (Å²) >= 11 is 0. The van der Waals surface area contributed by atoms with Crippen molar-refractivity contribution >= 4 is 0 Å². The summed E-state index contributed by atoms with van der Waals surface area (Å²) in [7, 11) is 1.60. The summed E-state index contributed by atoms with van der Waals surface area (Å²) in [6, 6.07) is 12.0. The first-order chi connectivity index (χ1) is 10.3. The monoisotopic (exact) mass is 310 g/mol. The Morgan fingerprint density at radius 3 is 2.27 bits per heavy atom. The minimum atomic E-state index is -4.68. The molecule has 118 valence electrons. The fourth-order valence-corrected chi connectivity index (χ4v) is 2.52. The van der Waals surface area contributed by atoms with Crippen molar-refractivity contribution in [2.45, 2.75) is 26.1 Å². The van der Waals surface area contributed by atoms with E-state index in [9.17, 15) is 13.2 Å².